The molecule has 0 spiro atoms. The average Bonchev–Trinajstić information content (AvgIpc) is 2.20. The van der Waals surface area contributed by atoms with Crippen molar-refractivity contribution < 1.29 is 0 Å². The van der Waals surface area contributed by atoms with Gasteiger partial charge in [-0.2, -0.15) is 0 Å². The van der Waals surface area contributed by atoms with Gasteiger partial charge in [-0.1, -0.05) is 37.3 Å². The zero-order valence-electron chi connectivity index (χ0n) is 8.16. The van der Waals surface area contributed by atoms with Crippen molar-refractivity contribution in [3.8, 4) is 0 Å². The molecule has 1 saturated heterocycles. The first-order valence-electron chi connectivity index (χ1n) is 5.13. The van der Waals surface area contributed by atoms with E-state index >= 15 is 0 Å². The molecule has 1 N–H and O–H groups in total. The van der Waals surface area contributed by atoms with E-state index in [0.29, 0.717) is 0 Å². The fraction of sp³-hybridized carbons (Fsp3) is 0.500. The first kappa shape index (κ1) is 8.76. The van der Waals surface area contributed by atoms with Gasteiger partial charge >= 0.3 is 0 Å². The molecule has 1 aromatic rings. The third kappa shape index (κ3) is 1.92. The molecule has 2 rings (SSSR count). The number of hydrogen-bond acceptors (Lipinski definition) is 1. The summed E-state index contributed by atoms with van der Waals surface area (Å²) in [6.07, 6.45) is 1.28. The third-order valence-electron chi connectivity index (χ3n) is 3.01. The second-order valence-corrected chi connectivity index (χ2v) is 3.99. The van der Waals surface area contributed by atoms with Crippen LogP contribution < -0.4 is 5.32 Å². The molecule has 1 unspecified atom stereocenters. The Morgan fingerprint density at radius 3 is 2.69 bits per heavy atom. The zero-order chi connectivity index (χ0) is 9.10. The maximum Gasteiger partial charge on any atom is -0.00173 e. The lowest BCUT2D eigenvalue weighted by Crippen LogP contribution is -2.33. The van der Waals surface area contributed by atoms with E-state index in [1.165, 1.54) is 25.1 Å². The van der Waals surface area contributed by atoms with Crippen LogP contribution in [-0.4, -0.2) is 13.1 Å². The van der Waals surface area contributed by atoms with Gasteiger partial charge in [0.25, 0.3) is 0 Å². The van der Waals surface area contributed by atoms with Crippen LogP contribution in [0.3, 0.4) is 0 Å². The maximum absolute atomic E-state index is 3.43. The quantitative estimate of drug-likeness (QED) is 0.691. The van der Waals surface area contributed by atoms with Crippen molar-refractivity contribution in [3.63, 3.8) is 0 Å². The summed E-state index contributed by atoms with van der Waals surface area (Å²) in [6.45, 7) is 4.67. The molecule has 0 aromatic heterocycles. The molecule has 1 nitrogen and oxygen atoms in total. The summed E-state index contributed by atoms with van der Waals surface area (Å²) in [5.74, 6) is 1.54. The summed E-state index contributed by atoms with van der Waals surface area (Å²) in [6, 6.07) is 10.9. The Kier molecular flexibility index (Phi) is 2.65. The molecule has 13 heavy (non-hydrogen) atoms. The summed E-state index contributed by atoms with van der Waals surface area (Å²) < 4.78 is 0. The molecule has 1 aliphatic rings. The van der Waals surface area contributed by atoms with Crippen LogP contribution in [0.1, 0.15) is 24.8 Å². The van der Waals surface area contributed by atoms with Crippen molar-refractivity contribution in [1.29, 1.82) is 0 Å². The van der Waals surface area contributed by atoms with Crippen LogP contribution in [0.4, 0.5) is 0 Å². The highest BCUT2D eigenvalue weighted by Gasteiger charge is 2.21. The Balaban J connectivity index is 2.15. The van der Waals surface area contributed by atoms with Crippen molar-refractivity contribution in [3.05, 3.63) is 35.9 Å². The molecule has 0 bridgehead atoms. The van der Waals surface area contributed by atoms with Gasteiger partial charge in [0, 0.05) is 0 Å². The second kappa shape index (κ2) is 3.93. The van der Waals surface area contributed by atoms with E-state index in [4.69, 9.17) is 0 Å². The predicted molar refractivity (Wildman–Crippen MR) is 55.8 cm³/mol. The Hall–Kier alpha value is -0.820. The van der Waals surface area contributed by atoms with Crippen LogP contribution in [-0.2, 0) is 0 Å². The molecule has 1 aromatic carbocycles. The van der Waals surface area contributed by atoms with E-state index in [0.717, 1.165) is 11.8 Å². The fourth-order valence-electron chi connectivity index (χ4n) is 2.21. The number of piperidine rings is 1. The van der Waals surface area contributed by atoms with Crippen molar-refractivity contribution >= 4 is 0 Å². The molecule has 1 heterocycles. The largest absolute Gasteiger partial charge is 0.316 e. The van der Waals surface area contributed by atoms with E-state index in [9.17, 15) is 0 Å². The molecular formula is C12H17N. The SMILES string of the molecule is CC1CNCC[C@@H]1c1ccccc1. The maximum atomic E-state index is 3.43. The molecule has 0 saturated carbocycles. The summed E-state index contributed by atoms with van der Waals surface area (Å²) in [5, 5.41) is 3.43. The van der Waals surface area contributed by atoms with E-state index in [-0.39, 0.29) is 0 Å². The molecule has 1 fully saturated rings. The highest BCUT2D eigenvalue weighted by Crippen LogP contribution is 2.29. The van der Waals surface area contributed by atoms with Crippen molar-refractivity contribution in [2.45, 2.75) is 19.3 Å². The summed E-state index contributed by atoms with van der Waals surface area (Å²) in [7, 11) is 0. The van der Waals surface area contributed by atoms with Gasteiger partial charge in [0.15, 0.2) is 0 Å². The topological polar surface area (TPSA) is 12.0 Å². The Bertz CT molecular complexity index is 255. The normalized spacial score (nSPS) is 28.7. The van der Waals surface area contributed by atoms with Gasteiger partial charge in [-0.05, 0) is 36.9 Å². The van der Waals surface area contributed by atoms with Crippen LogP contribution >= 0.6 is 0 Å². The van der Waals surface area contributed by atoms with E-state index in [1.54, 1.807) is 0 Å². The van der Waals surface area contributed by atoms with Crippen LogP contribution in [0.2, 0.25) is 0 Å². The van der Waals surface area contributed by atoms with Crippen LogP contribution in [0.15, 0.2) is 30.3 Å². The molecule has 0 aliphatic carbocycles. The lowest BCUT2D eigenvalue weighted by molar-refractivity contribution is 0.349. The monoisotopic (exact) mass is 175 g/mol. The molecule has 2 atom stereocenters. The Labute approximate surface area is 80.2 Å². The Morgan fingerprint density at radius 1 is 1.23 bits per heavy atom. The number of hydrogen-bond donors (Lipinski definition) is 1. The van der Waals surface area contributed by atoms with Gasteiger partial charge in [-0.3, -0.25) is 0 Å². The predicted octanol–water partition coefficient (Wildman–Crippen LogP) is 2.40. The number of rotatable bonds is 1. The van der Waals surface area contributed by atoms with Gasteiger partial charge in [0.05, 0.1) is 0 Å². The van der Waals surface area contributed by atoms with Crippen LogP contribution in [0.25, 0.3) is 0 Å². The highest BCUT2D eigenvalue weighted by molar-refractivity contribution is 5.20. The second-order valence-electron chi connectivity index (χ2n) is 3.99. The minimum Gasteiger partial charge on any atom is -0.316 e. The van der Waals surface area contributed by atoms with Gasteiger partial charge in [-0.25, -0.2) is 0 Å². The first-order valence-corrected chi connectivity index (χ1v) is 5.13. The third-order valence-corrected chi connectivity index (χ3v) is 3.01. The lowest BCUT2D eigenvalue weighted by atomic mass is 9.82. The molecule has 1 aliphatic heterocycles. The van der Waals surface area contributed by atoms with Crippen molar-refractivity contribution in [2.24, 2.45) is 5.92 Å². The van der Waals surface area contributed by atoms with Crippen LogP contribution in [0, 0.1) is 5.92 Å². The number of benzene rings is 1. The summed E-state index contributed by atoms with van der Waals surface area (Å²) in [5.41, 5.74) is 1.51. The minimum atomic E-state index is 0.766. The Morgan fingerprint density at radius 2 is 2.00 bits per heavy atom. The van der Waals surface area contributed by atoms with E-state index < -0.39 is 0 Å². The average molecular weight is 175 g/mol. The molecule has 70 valence electrons. The number of nitrogens with one attached hydrogen (secondary N) is 1. The van der Waals surface area contributed by atoms with Gasteiger partial charge in [0.1, 0.15) is 0 Å². The van der Waals surface area contributed by atoms with E-state index in [1.807, 2.05) is 0 Å². The van der Waals surface area contributed by atoms with Gasteiger partial charge in [-0.15, -0.1) is 0 Å². The minimum absolute atomic E-state index is 0.766. The van der Waals surface area contributed by atoms with Gasteiger partial charge < -0.3 is 5.32 Å². The van der Waals surface area contributed by atoms with Crippen LogP contribution in [0.5, 0.6) is 0 Å². The molecule has 0 amide bonds. The first-order chi connectivity index (χ1) is 6.38. The van der Waals surface area contributed by atoms with Gasteiger partial charge in [0.2, 0.25) is 0 Å². The zero-order valence-corrected chi connectivity index (χ0v) is 8.16. The molecule has 0 radical (unpaired) electrons. The highest BCUT2D eigenvalue weighted by atomic mass is 14.9. The lowest BCUT2D eigenvalue weighted by Gasteiger charge is -2.29. The fourth-order valence-corrected chi connectivity index (χ4v) is 2.21. The standard InChI is InChI=1S/C12H17N/c1-10-9-13-8-7-12(10)11-5-3-2-4-6-11/h2-6,10,12-13H,7-9H2,1H3/t10?,12-/m0/s1. The summed E-state index contributed by atoms with van der Waals surface area (Å²) in [4.78, 5) is 0. The van der Waals surface area contributed by atoms with E-state index in [2.05, 4.69) is 42.6 Å². The molecule has 1 heteroatoms. The molecular weight excluding hydrogens is 158 g/mol. The smallest absolute Gasteiger partial charge is 0.00173 e. The summed E-state index contributed by atoms with van der Waals surface area (Å²) >= 11 is 0. The van der Waals surface area contributed by atoms with Crippen molar-refractivity contribution in [2.75, 3.05) is 13.1 Å². The van der Waals surface area contributed by atoms with Crippen molar-refractivity contribution in [1.82, 2.24) is 5.32 Å².